The second-order valence-corrected chi connectivity index (χ2v) is 7.17. The number of carbonyl (C=O) groups is 2. The predicted molar refractivity (Wildman–Crippen MR) is 82.9 cm³/mol. The Morgan fingerprint density at radius 3 is 2.48 bits per heavy atom. The third-order valence-corrected chi connectivity index (χ3v) is 3.90. The fraction of sp³-hybridized carbons (Fsp3) is 0.667. The fourth-order valence-corrected chi connectivity index (χ4v) is 2.68. The lowest BCUT2D eigenvalue weighted by Gasteiger charge is -2.31. The maximum absolute atomic E-state index is 12.6. The van der Waals surface area contributed by atoms with Gasteiger partial charge in [-0.1, -0.05) is 20.8 Å². The molecule has 1 amide bonds. The van der Waals surface area contributed by atoms with Crippen molar-refractivity contribution in [3.05, 3.63) is 16.1 Å². The van der Waals surface area contributed by atoms with Crippen LogP contribution in [0.5, 0.6) is 0 Å². The van der Waals surface area contributed by atoms with Crippen LogP contribution in [0.25, 0.3) is 0 Å². The Balaban J connectivity index is 2.86. The Morgan fingerprint density at radius 1 is 1.43 bits per heavy atom. The van der Waals surface area contributed by atoms with Gasteiger partial charge in [0.1, 0.15) is 5.92 Å². The summed E-state index contributed by atoms with van der Waals surface area (Å²) in [6.45, 7) is 9.94. The number of thiazole rings is 1. The summed E-state index contributed by atoms with van der Waals surface area (Å²) in [5, 5.41) is 2.89. The molecule has 118 valence electrons. The number of amides is 1. The van der Waals surface area contributed by atoms with Crippen LogP contribution in [0, 0.1) is 18.3 Å². The summed E-state index contributed by atoms with van der Waals surface area (Å²) in [5.74, 6) is -1.50. The molecule has 0 saturated carbocycles. The molecule has 0 fully saturated rings. The number of rotatable bonds is 5. The van der Waals surface area contributed by atoms with Gasteiger partial charge in [-0.15, -0.1) is 11.3 Å². The molecule has 1 rings (SSSR count). The fourth-order valence-electron chi connectivity index (χ4n) is 2.07. The normalized spacial score (nSPS) is 12.9. The van der Waals surface area contributed by atoms with Gasteiger partial charge in [0.25, 0.3) is 0 Å². The van der Waals surface area contributed by atoms with Crippen molar-refractivity contribution in [1.82, 2.24) is 9.88 Å². The van der Waals surface area contributed by atoms with Crippen LogP contribution in [0.15, 0.2) is 5.38 Å². The van der Waals surface area contributed by atoms with Gasteiger partial charge in [0.2, 0.25) is 5.91 Å². The Labute approximate surface area is 130 Å². The first-order valence-electron chi connectivity index (χ1n) is 6.99. The summed E-state index contributed by atoms with van der Waals surface area (Å²) < 4.78 is 5.06. The minimum absolute atomic E-state index is 0.230. The lowest BCUT2D eigenvalue weighted by Crippen LogP contribution is -2.44. The molecule has 1 heterocycles. The van der Waals surface area contributed by atoms with Crippen LogP contribution in [0.1, 0.15) is 38.4 Å². The zero-order valence-corrected chi connectivity index (χ0v) is 14.4. The van der Waals surface area contributed by atoms with Crippen molar-refractivity contribution in [3.63, 3.8) is 0 Å². The van der Waals surface area contributed by atoms with E-state index in [2.05, 4.69) is 4.98 Å². The smallest absolute Gasteiger partial charge is 0.319 e. The lowest BCUT2D eigenvalue weighted by atomic mass is 9.80. The monoisotopic (exact) mass is 312 g/mol. The SMILES string of the molecule is CCOC(=O)C(C(=O)N(C)Cc1csc(C)n1)C(C)(C)C. The molecule has 1 aromatic rings. The molecule has 0 radical (unpaired) electrons. The van der Waals surface area contributed by atoms with Crippen LogP contribution in [0.2, 0.25) is 0 Å². The second kappa shape index (κ2) is 7.02. The molecule has 1 unspecified atom stereocenters. The molecule has 5 nitrogen and oxygen atoms in total. The highest BCUT2D eigenvalue weighted by Gasteiger charge is 2.40. The quantitative estimate of drug-likeness (QED) is 0.619. The van der Waals surface area contributed by atoms with Crippen molar-refractivity contribution >= 4 is 23.2 Å². The highest BCUT2D eigenvalue weighted by atomic mass is 32.1. The highest BCUT2D eigenvalue weighted by Crippen LogP contribution is 2.29. The first-order chi connectivity index (χ1) is 9.66. The average molecular weight is 312 g/mol. The number of hydrogen-bond donors (Lipinski definition) is 0. The van der Waals surface area contributed by atoms with E-state index in [1.54, 1.807) is 30.2 Å². The number of aryl methyl sites for hydroxylation is 1. The minimum Gasteiger partial charge on any atom is -0.465 e. The van der Waals surface area contributed by atoms with Crippen molar-refractivity contribution in [2.24, 2.45) is 11.3 Å². The van der Waals surface area contributed by atoms with Crippen molar-refractivity contribution < 1.29 is 14.3 Å². The number of carbonyl (C=O) groups excluding carboxylic acids is 2. The van der Waals surface area contributed by atoms with Crippen LogP contribution < -0.4 is 0 Å². The third-order valence-electron chi connectivity index (χ3n) is 3.08. The minimum atomic E-state index is -0.804. The zero-order chi connectivity index (χ0) is 16.2. The zero-order valence-electron chi connectivity index (χ0n) is 13.6. The van der Waals surface area contributed by atoms with Gasteiger partial charge < -0.3 is 9.64 Å². The van der Waals surface area contributed by atoms with Crippen LogP contribution in [0.4, 0.5) is 0 Å². The van der Waals surface area contributed by atoms with Gasteiger partial charge in [0.15, 0.2) is 0 Å². The Bertz CT molecular complexity index is 505. The van der Waals surface area contributed by atoms with E-state index in [1.807, 2.05) is 33.1 Å². The Kier molecular flexibility index (Phi) is 5.89. The van der Waals surface area contributed by atoms with Gasteiger partial charge in [-0.2, -0.15) is 0 Å². The standard InChI is InChI=1S/C15H24N2O3S/c1-7-20-14(19)12(15(3,4)5)13(18)17(6)8-11-9-21-10(2)16-11/h9,12H,7-8H2,1-6H3. The van der Waals surface area contributed by atoms with E-state index in [-0.39, 0.29) is 12.5 Å². The van der Waals surface area contributed by atoms with E-state index in [0.717, 1.165) is 10.7 Å². The van der Waals surface area contributed by atoms with E-state index in [0.29, 0.717) is 6.54 Å². The average Bonchev–Trinajstić information content (AvgIpc) is 2.73. The number of hydrogen-bond acceptors (Lipinski definition) is 5. The lowest BCUT2D eigenvalue weighted by molar-refractivity contribution is -0.160. The summed E-state index contributed by atoms with van der Waals surface area (Å²) in [4.78, 5) is 30.6. The summed E-state index contributed by atoms with van der Waals surface area (Å²) in [6.07, 6.45) is 0. The summed E-state index contributed by atoms with van der Waals surface area (Å²) in [5.41, 5.74) is 0.347. The van der Waals surface area contributed by atoms with Crippen LogP contribution in [-0.4, -0.2) is 35.4 Å². The van der Waals surface area contributed by atoms with Crippen molar-refractivity contribution in [2.45, 2.75) is 41.2 Å². The van der Waals surface area contributed by atoms with Gasteiger partial charge in [-0.05, 0) is 19.3 Å². The molecular formula is C15H24N2O3S. The molecule has 6 heteroatoms. The second-order valence-electron chi connectivity index (χ2n) is 6.10. The first kappa shape index (κ1) is 17.6. The van der Waals surface area contributed by atoms with Gasteiger partial charge in [-0.25, -0.2) is 4.98 Å². The molecule has 0 aliphatic rings. The molecule has 0 spiro atoms. The number of esters is 1. The molecule has 0 saturated heterocycles. The molecular weight excluding hydrogens is 288 g/mol. The van der Waals surface area contributed by atoms with E-state index in [4.69, 9.17) is 4.74 Å². The highest BCUT2D eigenvalue weighted by molar-refractivity contribution is 7.09. The number of aromatic nitrogens is 1. The van der Waals surface area contributed by atoms with Gasteiger partial charge >= 0.3 is 5.97 Å². The van der Waals surface area contributed by atoms with E-state index < -0.39 is 17.3 Å². The van der Waals surface area contributed by atoms with Crippen molar-refractivity contribution in [2.75, 3.05) is 13.7 Å². The Morgan fingerprint density at radius 2 is 2.05 bits per heavy atom. The van der Waals surface area contributed by atoms with E-state index in [1.165, 1.54) is 0 Å². The van der Waals surface area contributed by atoms with E-state index >= 15 is 0 Å². The first-order valence-corrected chi connectivity index (χ1v) is 7.87. The topological polar surface area (TPSA) is 59.5 Å². The molecule has 0 aromatic carbocycles. The van der Waals surface area contributed by atoms with Crippen LogP contribution >= 0.6 is 11.3 Å². The van der Waals surface area contributed by atoms with Crippen LogP contribution in [0.3, 0.4) is 0 Å². The molecule has 0 aliphatic heterocycles. The van der Waals surface area contributed by atoms with E-state index in [9.17, 15) is 9.59 Å². The molecule has 0 aliphatic carbocycles. The summed E-state index contributed by atoms with van der Waals surface area (Å²) in [7, 11) is 1.69. The summed E-state index contributed by atoms with van der Waals surface area (Å²) >= 11 is 1.55. The van der Waals surface area contributed by atoms with Gasteiger partial charge in [0, 0.05) is 12.4 Å². The van der Waals surface area contributed by atoms with Crippen LogP contribution in [-0.2, 0) is 20.9 Å². The molecule has 1 atom stereocenters. The largest absolute Gasteiger partial charge is 0.465 e. The maximum atomic E-state index is 12.6. The molecule has 0 N–H and O–H groups in total. The third kappa shape index (κ3) is 4.81. The number of ether oxygens (including phenoxy) is 1. The van der Waals surface area contributed by atoms with Crippen molar-refractivity contribution in [1.29, 1.82) is 0 Å². The van der Waals surface area contributed by atoms with Crippen molar-refractivity contribution in [3.8, 4) is 0 Å². The van der Waals surface area contributed by atoms with Gasteiger partial charge in [-0.3, -0.25) is 9.59 Å². The molecule has 0 bridgehead atoms. The molecule has 21 heavy (non-hydrogen) atoms. The van der Waals surface area contributed by atoms with Gasteiger partial charge in [0.05, 0.1) is 23.9 Å². The molecule has 1 aromatic heterocycles. The number of nitrogens with zero attached hydrogens (tertiary/aromatic N) is 2. The predicted octanol–water partition coefficient (Wildman–Crippen LogP) is 2.64. The summed E-state index contributed by atoms with van der Waals surface area (Å²) in [6, 6.07) is 0. The maximum Gasteiger partial charge on any atom is 0.319 e. The Hall–Kier alpha value is -1.43.